The van der Waals surface area contributed by atoms with Crippen molar-refractivity contribution in [2.45, 2.75) is 39.2 Å². The third-order valence-electron chi connectivity index (χ3n) is 4.72. The topological polar surface area (TPSA) is 62.5 Å². The summed E-state index contributed by atoms with van der Waals surface area (Å²) in [7, 11) is 1.88. The predicted octanol–water partition coefficient (Wildman–Crippen LogP) is 2.68. The number of carbonyl (C=O) groups excluding carboxylic acids is 1. The summed E-state index contributed by atoms with van der Waals surface area (Å²) in [5, 5.41) is 4.00. The van der Waals surface area contributed by atoms with Crippen molar-refractivity contribution < 1.29 is 9.32 Å². The quantitative estimate of drug-likeness (QED) is 0.863. The Balaban J connectivity index is 1.75. The molecule has 0 aromatic carbocycles. The molecule has 1 atom stereocenters. The van der Waals surface area contributed by atoms with Crippen LogP contribution in [0.25, 0.3) is 0 Å². The molecule has 1 aliphatic rings. The second-order valence-corrected chi connectivity index (χ2v) is 6.26. The van der Waals surface area contributed by atoms with Crippen LogP contribution in [-0.2, 0) is 6.42 Å². The number of nitrogens with zero attached hydrogens (tertiary/aromatic N) is 4. The maximum atomic E-state index is 12.9. The molecular formula is C18H24N4O2. The molecule has 0 N–H and O–H groups in total. The monoisotopic (exact) mass is 328 g/mol. The maximum absolute atomic E-state index is 12.9. The number of aromatic nitrogens is 2. The van der Waals surface area contributed by atoms with Crippen LogP contribution in [0.1, 0.15) is 41.6 Å². The molecule has 6 heteroatoms. The van der Waals surface area contributed by atoms with Gasteiger partial charge < -0.3 is 14.3 Å². The van der Waals surface area contributed by atoms with Crippen molar-refractivity contribution in [2.24, 2.45) is 0 Å². The van der Waals surface area contributed by atoms with E-state index in [1.807, 2.05) is 43.3 Å². The predicted molar refractivity (Wildman–Crippen MR) is 92.2 cm³/mol. The van der Waals surface area contributed by atoms with Crippen molar-refractivity contribution in [1.82, 2.24) is 15.0 Å². The fraction of sp³-hybridized carbons (Fsp3) is 0.500. The van der Waals surface area contributed by atoms with E-state index >= 15 is 0 Å². The van der Waals surface area contributed by atoms with Crippen LogP contribution in [0.4, 0.5) is 5.82 Å². The van der Waals surface area contributed by atoms with Crippen molar-refractivity contribution in [3.8, 4) is 0 Å². The lowest BCUT2D eigenvalue weighted by Gasteiger charge is -2.38. The first kappa shape index (κ1) is 16.5. The molecule has 6 nitrogen and oxygen atoms in total. The summed E-state index contributed by atoms with van der Waals surface area (Å²) in [6.45, 7) is 5.55. The lowest BCUT2D eigenvalue weighted by Crippen LogP contribution is -2.49. The van der Waals surface area contributed by atoms with Gasteiger partial charge in [0.15, 0.2) is 0 Å². The van der Waals surface area contributed by atoms with E-state index in [0.717, 1.165) is 37.4 Å². The van der Waals surface area contributed by atoms with Crippen LogP contribution >= 0.6 is 0 Å². The standard InChI is InChI=1S/C18H24N4O2/c1-4-15-17(13(2)24-20-15)18(23)21(3)14-8-7-11-22(12-14)16-9-5-6-10-19-16/h5-6,9-10,14H,4,7-8,11-12H2,1-3H3. The number of hydrogen-bond acceptors (Lipinski definition) is 5. The molecule has 0 bridgehead atoms. The summed E-state index contributed by atoms with van der Waals surface area (Å²) in [4.78, 5) is 21.5. The molecule has 0 aliphatic carbocycles. The molecule has 1 amide bonds. The highest BCUT2D eigenvalue weighted by Gasteiger charge is 2.30. The molecule has 0 saturated carbocycles. The van der Waals surface area contributed by atoms with Crippen LogP contribution < -0.4 is 4.90 Å². The van der Waals surface area contributed by atoms with Gasteiger partial charge in [0.25, 0.3) is 5.91 Å². The van der Waals surface area contributed by atoms with Gasteiger partial charge in [0.05, 0.1) is 5.69 Å². The Hall–Kier alpha value is -2.37. The molecule has 24 heavy (non-hydrogen) atoms. The highest BCUT2D eigenvalue weighted by atomic mass is 16.5. The second-order valence-electron chi connectivity index (χ2n) is 6.26. The minimum atomic E-state index is -0.00142. The molecule has 2 aromatic heterocycles. The van der Waals surface area contributed by atoms with Crippen LogP contribution in [0.15, 0.2) is 28.9 Å². The van der Waals surface area contributed by atoms with Gasteiger partial charge in [-0.15, -0.1) is 0 Å². The van der Waals surface area contributed by atoms with E-state index in [0.29, 0.717) is 17.7 Å². The highest BCUT2D eigenvalue weighted by molar-refractivity contribution is 5.96. The van der Waals surface area contributed by atoms with E-state index in [1.165, 1.54) is 0 Å². The fourth-order valence-corrected chi connectivity index (χ4v) is 3.30. The fourth-order valence-electron chi connectivity index (χ4n) is 3.30. The summed E-state index contributed by atoms with van der Waals surface area (Å²) >= 11 is 0. The number of hydrogen-bond donors (Lipinski definition) is 0. The first-order valence-corrected chi connectivity index (χ1v) is 8.50. The Morgan fingerprint density at radius 3 is 3.00 bits per heavy atom. The first-order valence-electron chi connectivity index (χ1n) is 8.50. The van der Waals surface area contributed by atoms with Gasteiger partial charge in [0, 0.05) is 32.4 Å². The lowest BCUT2D eigenvalue weighted by molar-refractivity contribution is 0.0714. The van der Waals surface area contributed by atoms with Gasteiger partial charge in [0.1, 0.15) is 17.1 Å². The first-order chi connectivity index (χ1) is 11.6. The van der Waals surface area contributed by atoms with Gasteiger partial charge in [0.2, 0.25) is 0 Å². The van der Waals surface area contributed by atoms with Crippen molar-refractivity contribution in [3.63, 3.8) is 0 Å². The van der Waals surface area contributed by atoms with E-state index < -0.39 is 0 Å². The van der Waals surface area contributed by atoms with Gasteiger partial charge in [-0.2, -0.15) is 0 Å². The van der Waals surface area contributed by atoms with Gasteiger partial charge in [-0.25, -0.2) is 4.98 Å². The normalized spacial score (nSPS) is 17.8. The zero-order chi connectivity index (χ0) is 17.1. The molecule has 128 valence electrons. The Morgan fingerprint density at radius 2 is 2.29 bits per heavy atom. The average Bonchev–Trinajstić information content (AvgIpc) is 3.02. The Labute approximate surface area is 142 Å². The third kappa shape index (κ3) is 3.13. The van der Waals surface area contributed by atoms with Gasteiger partial charge in [-0.3, -0.25) is 4.79 Å². The second kappa shape index (κ2) is 7.03. The molecule has 2 aromatic rings. The van der Waals surface area contributed by atoms with Gasteiger partial charge in [-0.05, 0) is 38.3 Å². The number of piperidine rings is 1. The number of amides is 1. The van der Waals surface area contributed by atoms with Gasteiger partial charge in [-0.1, -0.05) is 18.1 Å². The van der Waals surface area contributed by atoms with Crippen LogP contribution in [0, 0.1) is 6.92 Å². The Kier molecular flexibility index (Phi) is 4.83. The SMILES string of the molecule is CCc1noc(C)c1C(=O)N(C)C1CCCN(c2ccccn2)C1. The van der Waals surface area contributed by atoms with Crippen molar-refractivity contribution in [1.29, 1.82) is 0 Å². The molecule has 1 fully saturated rings. The smallest absolute Gasteiger partial charge is 0.259 e. The highest BCUT2D eigenvalue weighted by Crippen LogP contribution is 2.23. The van der Waals surface area contributed by atoms with Crippen molar-refractivity contribution in [2.75, 3.05) is 25.0 Å². The van der Waals surface area contributed by atoms with Gasteiger partial charge >= 0.3 is 0 Å². The molecule has 1 saturated heterocycles. The lowest BCUT2D eigenvalue weighted by atomic mass is 10.0. The Bertz CT molecular complexity index is 698. The summed E-state index contributed by atoms with van der Waals surface area (Å²) in [5.74, 6) is 1.57. The average molecular weight is 328 g/mol. The van der Waals surface area contributed by atoms with E-state index in [1.54, 1.807) is 6.92 Å². The van der Waals surface area contributed by atoms with E-state index in [4.69, 9.17) is 4.52 Å². The number of likely N-dealkylation sites (N-methyl/N-ethyl adjacent to an activating group) is 1. The van der Waals surface area contributed by atoms with E-state index in [-0.39, 0.29) is 11.9 Å². The number of pyridine rings is 1. The van der Waals surface area contributed by atoms with Crippen LogP contribution in [0.2, 0.25) is 0 Å². The Morgan fingerprint density at radius 1 is 1.46 bits per heavy atom. The zero-order valence-electron chi connectivity index (χ0n) is 14.5. The minimum Gasteiger partial charge on any atom is -0.361 e. The van der Waals surface area contributed by atoms with E-state index in [9.17, 15) is 4.79 Å². The molecule has 3 heterocycles. The van der Waals surface area contributed by atoms with E-state index in [2.05, 4.69) is 15.0 Å². The molecule has 1 aliphatic heterocycles. The summed E-state index contributed by atoms with van der Waals surface area (Å²) in [6, 6.07) is 6.09. The van der Waals surface area contributed by atoms with Crippen LogP contribution in [-0.4, -0.2) is 47.1 Å². The number of carbonyl (C=O) groups is 1. The largest absolute Gasteiger partial charge is 0.361 e. The maximum Gasteiger partial charge on any atom is 0.259 e. The molecule has 1 unspecified atom stereocenters. The summed E-state index contributed by atoms with van der Waals surface area (Å²) in [6.07, 6.45) is 4.54. The summed E-state index contributed by atoms with van der Waals surface area (Å²) in [5.41, 5.74) is 1.36. The number of anilines is 1. The molecular weight excluding hydrogens is 304 g/mol. The summed E-state index contributed by atoms with van der Waals surface area (Å²) < 4.78 is 5.22. The number of rotatable bonds is 4. The zero-order valence-corrected chi connectivity index (χ0v) is 14.5. The third-order valence-corrected chi connectivity index (χ3v) is 4.72. The molecule has 0 spiro atoms. The van der Waals surface area contributed by atoms with Crippen LogP contribution in [0.5, 0.6) is 0 Å². The van der Waals surface area contributed by atoms with Crippen molar-refractivity contribution in [3.05, 3.63) is 41.4 Å². The van der Waals surface area contributed by atoms with Crippen LogP contribution in [0.3, 0.4) is 0 Å². The molecule has 3 rings (SSSR count). The number of aryl methyl sites for hydroxylation is 2. The van der Waals surface area contributed by atoms with Crippen molar-refractivity contribution >= 4 is 11.7 Å². The molecule has 0 radical (unpaired) electrons. The minimum absolute atomic E-state index is 0.00142.